The van der Waals surface area contributed by atoms with E-state index in [0.29, 0.717) is 24.0 Å². The molecule has 1 aliphatic heterocycles. The zero-order valence-electron chi connectivity index (χ0n) is 26.4. The van der Waals surface area contributed by atoms with E-state index in [-0.39, 0.29) is 30.1 Å². The number of ether oxygens (including phenoxy) is 3. The van der Waals surface area contributed by atoms with Gasteiger partial charge in [-0.2, -0.15) is 0 Å². The van der Waals surface area contributed by atoms with Crippen molar-refractivity contribution in [3.8, 4) is 17.1 Å². The molecule has 3 aromatic rings. The molecule has 6 rings (SSSR count). The first kappa shape index (κ1) is 31.7. The van der Waals surface area contributed by atoms with Crippen LogP contribution in [0, 0.1) is 22.7 Å². The van der Waals surface area contributed by atoms with Gasteiger partial charge in [-0.25, -0.2) is 9.59 Å². The Labute approximate surface area is 267 Å². The number of rotatable bonds is 6. The van der Waals surface area contributed by atoms with E-state index in [1.165, 1.54) is 6.92 Å². The van der Waals surface area contributed by atoms with E-state index in [1.807, 2.05) is 13.8 Å². The lowest BCUT2D eigenvalue weighted by Gasteiger charge is -2.66. The van der Waals surface area contributed by atoms with Gasteiger partial charge in [0.25, 0.3) is 0 Å². The van der Waals surface area contributed by atoms with Gasteiger partial charge in [-0.15, -0.1) is 0 Å². The van der Waals surface area contributed by atoms with Gasteiger partial charge in [-0.05, 0) is 67.3 Å². The Morgan fingerprint density at radius 2 is 1.89 bits per heavy atom. The number of carbonyl (C=O) groups excluding carboxylic acids is 2. The predicted octanol–water partition coefficient (Wildman–Crippen LogP) is 5.12. The molecule has 0 spiro atoms. The molecule has 8 atom stereocenters. The Morgan fingerprint density at radius 3 is 2.54 bits per heavy atom. The fourth-order valence-corrected chi connectivity index (χ4v) is 8.41. The number of hydrogen-bond acceptors (Lipinski definition) is 10. The van der Waals surface area contributed by atoms with E-state index in [2.05, 4.69) is 11.6 Å². The molecule has 46 heavy (non-hydrogen) atoms. The van der Waals surface area contributed by atoms with Crippen molar-refractivity contribution in [1.29, 1.82) is 0 Å². The topological polar surface area (TPSA) is 145 Å². The first-order chi connectivity index (χ1) is 21.8. The van der Waals surface area contributed by atoms with Gasteiger partial charge >= 0.3 is 17.6 Å². The van der Waals surface area contributed by atoms with E-state index < -0.39 is 64.1 Å². The summed E-state index contributed by atoms with van der Waals surface area (Å²) in [5.74, 6) is -1.90. The summed E-state index contributed by atoms with van der Waals surface area (Å²) in [4.78, 5) is 43.3. The van der Waals surface area contributed by atoms with Gasteiger partial charge in [0.2, 0.25) is 0 Å². The molecule has 1 aromatic carbocycles. The highest BCUT2D eigenvalue weighted by atomic mass is 16.6. The number of aromatic nitrogens is 1. The highest BCUT2D eigenvalue weighted by molar-refractivity contribution is 5.89. The third kappa shape index (κ3) is 5.04. The van der Waals surface area contributed by atoms with Gasteiger partial charge in [0.15, 0.2) is 0 Å². The van der Waals surface area contributed by atoms with Gasteiger partial charge in [0.05, 0.1) is 24.4 Å². The quantitative estimate of drug-likeness (QED) is 0.352. The Hall–Kier alpha value is -4.28. The van der Waals surface area contributed by atoms with Crippen LogP contribution in [0.3, 0.4) is 0 Å². The molecule has 2 aliphatic carbocycles. The van der Waals surface area contributed by atoms with E-state index in [4.69, 9.17) is 18.6 Å². The summed E-state index contributed by atoms with van der Waals surface area (Å²) in [5.41, 5.74) is -2.06. The fraction of sp³-hybridized carbons (Fsp3) is 0.444. The largest absolute Gasteiger partial charge is 0.482 e. The van der Waals surface area contributed by atoms with Gasteiger partial charge in [0.1, 0.15) is 28.8 Å². The average Bonchev–Trinajstić information content (AvgIpc) is 3.03. The van der Waals surface area contributed by atoms with Crippen LogP contribution in [0.5, 0.6) is 5.75 Å². The van der Waals surface area contributed by atoms with Gasteiger partial charge in [-0.3, -0.25) is 9.78 Å². The number of nitrogens with zero attached hydrogens (tertiary/aromatic N) is 1. The molecule has 2 saturated carbocycles. The smallest absolute Gasteiger partial charge is 0.345 e. The third-order valence-electron chi connectivity index (χ3n) is 10.8. The van der Waals surface area contributed by atoms with Crippen LogP contribution < -0.4 is 10.4 Å². The molecule has 2 aromatic heterocycles. The molecular formula is C36H39NO9. The molecule has 3 unspecified atom stereocenters. The minimum absolute atomic E-state index is 0.0186. The van der Waals surface area contributed by atoms with Crippen LogP contribution >= 0.6 is 0 Å². The molecule has 10 heteroatoms. The number of fused-ring (bicyclic) bond motifs is 4. The number of benzene rings is 1. The van der Waals surface area contributed by atoms with E-state index >= 15 is 0 Å². The van der Waals surface area contributed by atoms with Crippen molar-refractivity contribution in [3.05, 3.63) is 88.5 Å². The SMILES string of the molecule is C=Cc1ccc(C(=O)O[C@H]2CC3C(C)(COC(C)=O)[C@@H](O)CC[C@]3(C)C3[C@@H](O)c4c(cc(-c5cccnc5)oc4=O)O[C@@]32C)cc1. The van der Waals surface area contributed by atoms with E-state index in [0.717, 1.165) is 5.56 Å². The highest BCUT2D eigenvalue weighted by Crippen LogP contribution is 2.67. The maximum absolute atomic E-state index is 13.7. The highest BCUT2D eigenvalue weighted by Gasteiger charge is 2.70. The molecule has 2 fully saturated rings. The van der Waals surface area contributed by atoms with Crippen molar-refractivity contribution in [2.75, 3.05) is 6.61 Å². The second-order valence-corrected chi connectivity index (χ2v) is 13.5. The van der Waals surface area contributed by atoms with Crippen LogP contribution in [-0.4, -0.2) is 51.6 Å². The summed E-state index contributed by atoms with van der Waals surface area (Å²) in [5, 5.41) is 23.6. The molecule has 0 radical (unpaired) electrons. The van der Waals surface area contributed by atoms with Crippen LogP contribution in [-0.2, 0) is 14.3 Å². The van der Waals surface area contributed by atoms with E-state index in [1.54, 1.807) is 67.9 Å². The van der Waals surface area contributed by atoms with Crippen LogP contribution in [0.15, 0.2) is 70.6 Å². The summed E-state index contributed by atoms with van der Waals surface area (Å²) in [6, 6.07) is 11.8. The molecule has 3 heterocycles. The Kier molecular flexibility index (Phi) is 7.93. The number of carbonyl (C=O) groups is 2. The zero-order chi connectivity index (χ0) is 33.0. The molecular weight excluding hydrogens is 590 g/mol. The van der Waals surface area contributed by atoms with Crippen LogP contribution in [0.25, 0.3) is 17.4 Å². The van der Waals surface area contributed by atoms with Gasteiger partial charge < -0.3 is 28.8 Å². The number of esters is 2. The number of aliphatic hydroxyl groups is 2. The van der Waals surface area contributed by atoms with Crippen LogP contribution in [0.4, 0.5) is 0 Å². The van der Waals surface area contributed by atoms with Crippen molar-refractivity contribution in [2.45, 2.75) is 70.9 Å². The lowest BCUT2D eigenvalue weighted by molar-refractivity contribution is -0.264. The number of hydrogen-bond donors (Lipinski definition) is 2. The van der Waals surface area contributed by atoms with Crippen molar-refractivity contribution < 1.29 is 38.4 Å². The molecule has 0 amide bonds. The lowest BCUT2D eigenvalue weighted by Crippen LogP contribution is -2.71. The standard InChI is InChI=1S/C36H39NO9/c1-6-21-9-11-22(12-10-21)32(41)45-28-17-26-34(3,14-13-27(39)35(26,4)19-43-20(2)38)31-30(40)29-25(46-36(28,31)5)16-24(44-33(29)42)23-8-7-15-37-18-23/h6-12,15-16,18,26-28,30-31,39-40H,1,13-14,17,19H2,2-5H3/t26?,27-,28-,30-,31?,34-,35?,36+/m0/s1. The summed E-state index contributed by atoms with van der Waals surface area (Å²) >= 11 is 0. The normalized spacial score (nSPS) is 33.0. The zero-order valence-corrected chi connectivity index (χ0v) is 26.4. The molecule has 10 nitrogen and oxygen atoms in total. The third-order valence-corrected chi connectivity index (χ3v) is 10.8. The minimum atomic E-state index is -1.36. The second-order valence-electron chi connectivity index (χ2n) is 13.5. The Balaban J connectivity index is 1.48. The fourth-order valence-electron chi connectivity index (χ4n) is 8.41. The Morgan fingerprint density at radius 1 is 1.15 bits per heavy atom. The minimum Gasteiger partial charge on any atom is -0.482 e. The maximum Gasteiger partial charge on any atom is 0.345 e. The molecule has 0 bridgehead atoms. The number of aliphatic hydroxyl groups excluding tert-OH is 2. The molecule has 242 valence electrons. The average molecular weight is 630 g/mol. The summed E-state index contributed by atoms with van der Waals surface area (Å²) < 4.78 is 24.2. The van der Waals surface area contributed by atoms with Crippen LogP contribution in [0.1, 0.15) is 74.5 Å². The first-order valence-corrected chi connectivity index (χ1v) is 15.5. The van der Waals surface area contributed by atoms with Crippen molar-refractivity contribution in [2.24, 2.45) is 22.7 Å². The van der Waals surface area contributed by atoms with Gasteiger partial charge in [-0.1, -0.05) is 38.6 Å². The molecule has 0 saturated heterocycles. The summed E-state index contributed by atoms with van der Waals surface area (Å²) in [6.45, 7) is 10.7. The second kappa shape index (κ2) is 11.5. The first-order valence-electron chi connectivity index (χ1n) is 15.5. The van der Waals surface area contributed by atoms with Gasteiger partial charge in [0, 0.05) is 42.3 Å². The van der Waals surface area contributed by atoms with Crippen molar-refractivity contribution in [3.63, 3.8) is 0 Å². The number of pyridine rings is 1. The summed E-state index contributed by atoms with van der Waals surface area (Å²) in [6.07, 6.45) is 2.80. The monoisotopic (exact) mass is 629 g/mol. The Bertz CT molecular complexity index is 1720. The maximum atomic E-state index is 13.7. The van der Waals surface area contributed by atoms with Crippen molar-refractivity contribution >= 4 is 18.0 Å². The van der Waals surface area contributed by atoms with Crippen molar-refractivity contribution in [1.82, 2.24) is 4.98 Å². The molecule has 3 aliphatic rings. The van der Waals surface area contributed by atoms with Crippen LogP contribution in [0.2, 0.25) is 0 Å². The summed E-state index contributed by atoms with van der Waals surface area (Å²) in [7, 11) is 0. The van der Waals surface area contributed by atoms with E-state index in [9.17, 15) is 24.6 Å². The molecule has 2 N–H and O–H groups in total. The lowest BCUT2D eigenvalue weighted by atomic mass is 9.42. The predicted molar refractivity (Wildman–Crippen MR) is 168 cm³/mol.